The minimum absolute atomic E-state index is 0.0232. The first-order valence-corrected chi connectivity index (χ1v) is 10.6. The van der Waals surface area contributed by atoms with Crippen molar-refractivity contribution >= 4 is 28.4 Å². The van der Waals surface area contributed by atoms with Crippen LogP contribution in [0.15, 0.2) is 48.7 Å². The first kappa shape index (κ1) is 20.0. The van der Waals surface area contributed by atoms with Gasteiger partial charge in [0.25, 0.3) is 5.91 Å². The zero-order chi connectivity index (χ0) is 20.7. The number of carbonyl (C=O) groups is 1. The van der Waals surface area contributed by atoms with E-state index in [0.29, 0.717) is 17.1 Å². The summed E-state index contributed by atoms with van der Waals surface area (Å²) in [4.78, 5) is 17.8. The molecule has 2 atom stereocenters. The second kappa shape index (κ2) is 7.85. The molecule has 0 saturated carbocycles. The lowest BCUT2D eigenvalue weighted by Gasteiger charge is -2.44. The number of aromatic nitrogens is 1. The molecule has 1 aromatic heterocycles. The van der Waals surface area contributed by atoms with E-state index in [1.165, 1.54) is 11.1 Å². The zero-order valence-corrected chi connectivity index (χ0v) is 18.3. The minimum atomic E-state index is 0.0232. The number of fused-ring (bicyclic) bond motifs is 1. The van der Waals surface area contributed by atoms with Gasteiger partial charge in [-0.05, 0) is 44.5 Å². The number of rotatable bonds is 3. The van der Waals surface area contributed by atoms with E-state index in [9.17, 15) is 4.79 Å². The zero-order valence-electron chi connectivity index (χ0n) is 17.5. The van der Waals surface area contributed by atoms with Gasteiger partial charge in [0.2, 0.25) is 0 Å². The minimum Gasteiger partial charge on any atom is -0.351 e. The van der Waals surface area contributed by atoms with Gasteiger partial charge in [0.1, 0.15) is 0 Å². The second-order valence-electron chi connectivity index (χ2n) is 8.39. The van der Waals surface area contributed by atoms with Gasteiger partial charge in [0.15, 0.2) is 0 Å². The van der Waals surface area contributed by atoms with E-state index in [-0.39, 0.29) is 18.0 Å². The van der Waals surface area contributed by atoms with Crippen LogP contribution in [0.25, 0.3) is 10.9 Å². The van der Waals surface area contributed by atoms with Crippen molar-refractivity contribution in [1.82, 2.24) is 14.4 Å². The number of carbonyl (C=O) groups excluding carboxylic acids is 1. The van der Waals surface area contributed by atoms with E-state index in [2.05, 4.69) is 49.9 Å². The Bertz CT molecular complexity index is 1040. The molecule has 0 radical (unpaired) electrons. The van der Waals surface area contributed by atoms with Gasteiger partial charge in [0, 0.05) is 55.9 Å². The normalized spacial score (nSPS) is 20.4. The molecular formula is C24H28ClN3O. The lowest BCUT2D eigenvalue weighted by molar-refractivity contribution is 0.0291. The third-order valence-corrected chi connectivity index (χ3v) is 6.40. The molecule has 1 saturated heterocycles. The molecule has 0 bridgehead atoms. The summed E-state index contributed by atoms with van der Waals surface area (Å²) in [6.07, 6.45) is 1.99. The smallest absolute Gasteiger partial charge is 0.255 e. The van der Waals surface area contributed by atoms with Gasteiger partial charge in [-0.3, -0.25) is 9.69 Å². The van der Waals surface area contributed by atoms with Crippen molar-refractivity contribution in [2.24, 2.45) is 7.05 Å². The summed E-state index contributed by atoms with van der Waals surface area (Å²) in [6.45, 7) is 8.89. The van der Waals surface area contributed by atoms with Crippen LogP contribution in [0.4, 0.5) is 0 Å². The standard InChI is InChI=1S/C24H28ClN3O/c1-16-5-7-19(8-6-16)15-27-13-18(3)28(14-17(27)2)24(29)21-11-20-9-10-26(4)23(20)12-22(21)25/h5-12,17-18H,13-15H2,1-4H3/t17-,18+/m0/s1. The molecule has 3 aromatic rings. The van der Waals surface area contributed by atoms with Crippen LogP contribution in [0.3, 0.4) is 0 Å². The fourth-order valence-electron chi connectivity index (χ4n) is 4.24. The number of piperazine rings is 1. The van der Waals surface area contributed by atoms with E-state index in [4.69, 9.17) is 11.6 Å². The summed E-state index contributed by atoms with van der Waals surface area (Å²) >= 11 is 6.51. The third kappa shape index (κ3) is 3.92. The van der Waals surface area contributed by atoms with Gasteiger partial charge in [-0.2, -0.15) is 0 Å². The largest absolute Gasteiger partial charge is 0.351 e. The van der Waals surface area contributed by atoms with Gasteiger partial charge >= 0.3 is 0 Å². The number of benzene rings is 2. The van der Waals surface area contributed by atoms with Gasteiger partial charge in [0.05, 0.1) is 10.6 Å². The summed E-state index contributed by atoms with van der Waals surface area (Å²) in [5.41, 5.74) is 4.22. The van der Waals surface area contributed by atoms with Gasteiger partial charge < -0.3 is 9.47 Å². The maximum absolute atomic E-state index is 13.3. The lowest BCUT2D eigenvalue weighted by Crippen LogP contribution is -2.57. The molecule has 1 fully saturated rings. The molecule has 29 heavy (non-hydrogen) atoms. The van der Waals surface area contributed by atoms with E-state index < -0.39 is 0 Å². The third-order valence-electron chi connectivity index (χ3n) is 6.09. The molecule has 4 nitrogen and oxygen atoms in total. The van der Waals surface area contributed by atoms with Crippen LogP contribution < -0.4 is 0 Å². The van der Waals surface area contributed by atoms with Crippen LogP contribution in [0.5, 0.6) is 0 Å². The molecule has 5 heteroatoms. The molecule has 4 rings (SSSR count). The molecule has 0 spiro atoms. The molecule has 1 aliphatic rings. The molecule has 0 N–H and O–H groups in total. The number of nitrogens with zero attached hydrogens (tertiary/aromatic N) is 3. The predicted molar refractivity (Wildman–Crippen MR) is 119 cm³/mol. The summed E-state index contributed by atoms with van der Waals surface area (Å²) in [7, 11) is 1.98. The maximum Gasteiger partial charge on any atom is 0.255 e. The topological polar surface area (TPSA) is 28.5 Å². The van der Waals surface area contributed by atoms with Crippen molar-refractivity contribution in [3.63, 3.8) is 0 Å². The van der Waals surface area contributed by atoms with Crippen LogP contribution in [0, 0.1) is 6.92 Å². The highest BCUT2D eigenvalue weighted by atomic mass is 35.5. The molecular weight excluding hydrogens is 382 g/mol. The number of hydrogen-bond acceptors (Lipinski definition) is 2. The Morgan fingerprint density at radius 3 is 2.52 bits per heavy atom. The fourth-order valence-corrected chi connectivity index (χ4v) is 4.48. The molecule has 1 aliphatic heterocycles. The number of amides is 1. The molecule has 0 unspecified atom stereocenters. The number of hydrogen-bond donors (Lipinski definition) is 0. The monoisotopic (exact) mass is 409 g/mol. The number of aryl methyl sites for hydroxylation is 2. The SMILES string of the molecule is Cc1ccc(CN2C[C@@H](C)N(C(=O)c3cc4ccn(C)c4cc3Cl)C[C@@H]2C)cc1. The quantitative estimate of drug-likeness (QED) is 0.617. The molecule has 152 valence electrons. The Labute approximate surface area is 177 Å². The Balaban J connectivity index is 1.52. The van der Waals surface area contributed by atoms with Crippen molar-refractivity contribution in [2.75, 3.05) is 13.1 Å². The highest BCUT2D eigenvalue weighted by molar-refractivity contribution is 6.34. The molecule has 1 amide bonds. The Kier molecular flexibility index (Phi) is 5.41. The van der Waals surface area contributed by atoms with Gasteiger partial charge in [-0.15, -0.1) is 0 Å². The average Bonchev–Trinajstić information content (AvgIpc) is 3.05. The van der Waals surface area contributed by atoms with E-state index in [1.54, 1.807) is 0 Å². The van der Waals surface area contributed by atoms with Crippen molar-refractivity contribution in [3.05, 3.63) is 70.4 Å². The van der Waals surface area contributed by atoms with E-state index >= 15 is 0 Å². The van der Waals surface area contributed by atoms with Gasteiger partial charge in [-0.25, -0.2) is 0 Å². The summed E-state index contributed by atoms with van der Waals surface area (Å²) in [6, 6.07) is 15.0. The highest BCUT2D eigenvalue weighted by Gasteiger charge is 2.33. The average molecular weight is 410 g/mol. The maximum atomic E-state index is 13.3. The molecule has 0 aliphatic carbocycles. The highest BCUT2D eigenvalue weighted by Crippen LogP contribution is 2.28. The van der Waals surface area contributed by atoms with E-state index in [0.717, 1.165) is 24.0 Å². The predicted octanol–water partition coefficient (Wildman–Crippen LogP) is 4.88. The van der Waals surface area contributed by atoms with E-state index in [1.807, 2.05) is 40.9 Å². The molecule has 2 heterocycles. The van der Waals surface area contributed by atoms with Crippen LogP contribution in [0.2, 0.25) is 5.02 Å². The van der Waals surface area contributed by atoms with Crippen LogP contribution >= 0.6 is 11.6 Å². The summed E-state index contributed by atoms with van der Waals surface area (Å²) in [5.74, 6) is 0.0232. The van der Waals surface area contributed by atoms with Crippen molar-refractivity contribution in [3.8, 4) is 0 Å². The van der Waals surface area contributed by atoms with Crippen molar-refractivity contribution in [2.45, 2.75) is 39.4 Å². The van der Waals surface area contributed by atoms with Crippen molar-refractivity contribution in [1.29, 1.82) is 0 Å². The van der Waals surface area contributed by atoms with Crippen molar-refractivity contribution < 1.29 is 4.79 Å². The fraction of sp³-hybridized carbons (Fsp3) is 0.375. The second-order valence-corrected chi connectivity index (χ2v) is 8.80. The lowest BCUT2D eigenvalue weighted by atomic mass is 10.0. The first-order chi connectivity index (χ1) is 13.8. The Morgan fingerprint density at radius 2 is 1.79 bits per heavy atom. The molecule has 2 aromatic carbocycles. The van der Waals surface area contributed by atoms with Crippen LogP contribution in [-0.4, -0.2) is 45.4 Å². The summed E-state index contributed by atoms with van der Waals surface area (Å²) < 4.78 is 2.02. The van der Waals surface area contributed by atoms with Crippen LogP contribution in [-0.2, 0) is 13.6 Å². The Morgan fingerprint density at radius 1 is 1.07 bits per heavy atom. The Hall–Kier alpha value is -2.30. The summed E-state index contributed by atoms with van der Waals surface area (Å²) in [5, 5.41) is 1.56. The number of halogens is 1. The van der Waals surface area contributed by atoms with Gasteiger partial charge in [-0.1, -0.05) is 41.4 Å². The first-order valence-electron chi connectivity index (χ1n) is 10.2. The van der Waals surface area contributed by atoms with Crippen LogP contribution in [0.1, 0.15) is 35.3 Å².